The fourth-order valence-electron chi connectivity index (χ4n) is 2.48. The van der Waals surface area contributed by atoms with Crippen molar-refractivity contribution in [3.63, 3.8) is 0 Å². The summed E-state index contributed by atoms with van der Waals surface area (Å²) in [5, 5.41) is 0. The van der Waals surface area contributed by atoms with Crippen LogP contribution in [-0.2, 0) is 13.3 Å². The fourth-order valence-corrected chi connectivity index (χ4v) is 5.16. The third kappa shape index (κ3) is 9.92. The molecule has 0 fully saturated rings. The van der Waals surface area contributed by atoms with Crippen LogP contribution in [0.1, 0.15) is 79.1 Å². The van der Waals surface area contributed by atoms with Gasteiger partial charge >= 0.3 is 8.80 Å². The molecule has 0 atom stereocenters. The number of rotatable bonds is 15. The molecular formula is C16H36O3Si. The van der Waals surface area contributed by atoms with Gasteiger partial charge < -0.3 is 13.3 Å². The highest BCUT2D eigenvalue weighted by Gasteiger charge is 2.39. The number of hydrogen-bond donors (Lipinski definition) is 0. The first-order valence-electron chi connectivity index (χ1n) is 8.66. The molecule has 0 aliphatic rings. The second-order valence-electron chi connectivity index (χ2n) is 5.21. The van der Waals surface area contributed by atoms with Gasteiger partial charge in [0.1, 0.15) is 0 Å². The van der Waals surface area contributed by atoms with E-state index in [2.05, 4.69) is 6.92 Å². The molecule has 0 rings (SSSR count). The zero-order valence-electron chi connectivity index (χ0n) is 14.2. The molecule has 20 heavy (non-hydrogen) atoms. The van der Waals surface area contributed by atoms with Gasteiger partial charge in [0.05, 0.1) is 0 Å². The van der Waals surface area contributed by atoms with E-state index in [4.69, 9.17) is 13.3 Å². The molecule has 0 aromatic heterocycles. The molecule has 122 valence electrons. The largest absolute Gasteiger partial charge is 0.500 e. The molecular weight excluding hydrogens is 268 g/mol. The Balaban J connectivity index is 3.82. The van der Waals surface area contributed by atoms with E-state index < -0.39 is 8.80 Å². The minimum atomic E-state index is -2.38. The Morgan fingerprint density at radius 1 is 0.550 bits per heavy atom. The molecule has 0 saturated heterocycles. The molecule has 3 nitrogen and oxygen atoms in total. The monoisotopic (exact) mass is 304 g/mol. The third-order valence-corrected chi connectivity index (χ3v) is 6.58. The topological polar surface area (TPSA) is 27.7 Å². The molecule has 4 heteroatoms. The predicted octanol–water partition coefficient (Wildman–Crippen LogP) is 5.18. The molecule has 0 unspecified atom stereocenters. The van der Waals surface area contributed by atoms with Gasteiger partial charge in [0.25, 0.3) is 0 Å². The van der Waals surface area contributed by atoms with Crippen LogP contribution < -0.4 is 0 Å². The van der Waals surface area contributed by atoms with Crippen molar-refractivity contribution < 1.29 is 13.3 Å². The first kappa shape index (κ1) is 20.1. The second kappa shape index (κ2) is 14.1. The van der Waals surface area contributed by atoms with Gasteiger partial charge in [-0.25, -0.2) is 0 Å². The normalized spacial score (nSPS) is 12.0. The zero-order chi connectivity index (χ0) is 15.1. The van der Waals surface area contributed by atoms with Crippen LogP contribution in [0.5, 0.6) is 0 Å². The van der Waals surface area contributed by atoms with Gasteiger partial charge in [-0.2, -0.15) is 0 Å². The summed E-state index contributed by atoms with van der Waals surface area (Å²) in [5.74, 6) is 0. The van der Waals surface area contributed by atoms with Crippen molar-refractivity contribution in [2.24, 2.45) is 0 Å². The Bertz CT molecular complexity index is 183. The fraction of sp³-hybridized carbons (Fsp3) is 1.00. The summed E-state index contributed by atoms with van der Waals surface area (Å²) in [7, 11) is -2.38. The first-order chi connectivity index (χ1) is 9.74. The van der Waals surface area contributed by atoms with Crippen LogP contribution in [0.2, 0.25) is 6.04 Å². The van der Waals surface area contributed by atoms with Crippen LogP contribution in [0, 0.1) is 0 Å². The molecule has 0 saturated carbocycles. The van der Waals surface area contributed by atoms with Crippen LogP contribution >= 0.6 is 0 Å². The van der Waals surface area contributed by atoms with Crippen molar-refractivity contribution in [2.75, 3.05) is 19.8 Å². The molecule has 0 N–H and O–H groups in total. The highest BCUT2D eigenvalue weighted by Crippen LogP contribution is 2.20. The molecule has 0 aliphatic carbocycles. The van der Waals surface area contributed by atoms with E-state index in [1.165, 1.54) is 51.4 Å². The quantitative estimate of drug-likeness (QED) is 0.308. The molecule has 0 amide bonds. The van der Waals surface area contributed by atoms with Crippen LogP contribution in [0.4, 0.5) is 0 Å². The van der Waals surface area contributed by atoms with Gasteiger partial charge in [-0.3, -0.25) is 0 Å². The summed E-state index contributed by atoms with van der Waals surface area (Å²) in [4.78, 5) is 0. The van der Waals surface area contributed by atoms with E-state index >= 15 is 0 Å². The summed E-state index contributed by atoms with van der Waals surface area (Å²) in [6.07, 6.45) is 10.6. The Kier molecular flexibility index (Phi) is 14.1. The van der Waals surface area contributed by atoms with Gasteiger partial charge in [0.15, 0.2) is 0 Å². The standard InChI is InChI=1S/C16H36O3Si/c1-5-9-10-11-12-13-14-15-16-20(17-6-2,18-7-3)19-8-4/h5-16H2,1-4H3. The third-order valence-electron chi connectivity index (χ3n) is 3.43. The Hall–Kier alpha value is 0.0969. The first-order valence-corrected chi connectivity index (χ1v) is 10.6. The lowest BCUT2D eigenvalue weighted by molar-refractivity contribution is 0.0706. The maximum absolute atomic E-state index is 5.86. The number of hydrogen-bond acceptors (Lipinski definition) is 3. The minimum absolute atomic E-state index is 0.684. The predicted molar refractivity (Wildman–Crippen MR) is 88.0 cm³/mol. The Morgan fingerprint density at radius 3 is 1.35 bits per heavy atom. The van der Waals surface area contributed by atoms with E-state index in [0.717, 1.165) is 6.04 Å². The molecule has 0 aromatic rings. The van der Waals surface area contributed by atoms with Crippen molar-refractivity contribution in [3.8, 4) is 0 Å². The summed E-state index contributed by atoms with van der Waals surface area (Å²) < 4.78 is 17.6. The molecule has 0 spiro atoms. The smallest absolute Gasteiger partial charge is 0.374 e. The van der Waals surface area contributed by atoms with E-state index in [0.29, 0.717) is 19.8 Å². The summed E-state index contributed by atoms with van der Waals surface area (Å²) >= 11 is 0. The number of unbranched alkanes of at least 4 members (excludes halogenated alkanes) is 7. The van der Waals surface area contributed by atoms with Crippen molar-refractivity contribution in [1.29, 1.82) is 0 Å². The van der Waals surface area contributed by atoms with E-state index in [1.54, 1.807) is 0 Å². The molecule has 0 radical (unpaired) electrons. The van der Waals surface area contributed by atoms with Crippen molar-refractivity contribution in [2.45, 2.75) is 85.1 Å². The second-order valence-corrected chi connectivity index (χ2v) is 7.94. The van der Waals surface area contributed by atoms with E-state index in [-0.39, 0.29) is 0 Å². The molecule has 0 bridgehead atoms. The van der Waals surface area contributed by atoms with E-state index in [9.17, 15) is 0 Å². The lowest BCUT2D eigenvalue weighted by Gasteiger charge is -2.28. The van der Waals surface area contributed by atoms with Crippen molar-refractivity contribution >= 4 is 8.80 Å². The van der Waals surface area contributed by atoms with Gasteiger partial charge in [-0.15, -0.1) is 0 Å². The van der Waals surface area contributed by atoms with Gasteiger partial charge in [-0.1, -0.05) is 51.9 Å². The Labute approximate surface area is 127 Å². The van der Waals surface area contributed by atoms with Gasteiger partial charge in [0, 0.05) is 25.9 Å². The highest BCUT2D eigenvalue weighted by molar-refractivity contribution is 6.60. The minimum Gasteiger partial charge on any atom is -0.374 e. The average molecular weight is 305 g/mol. The SMILES string of the molecule is CCCCCCCCCC[Si](OCC)(OCC)OCC. The van der Waals surface area contributed by atoms with Gasteiger partial charge in [0.2, 0.25) is 0 Å². The maximum Gasteiger partial charge on any atom is 0.500 e. The van der Waals surface area contributed by atoms with Crippen LogP contribution in [0.15, 0.2) is 0 Å². The lowest BCUT2D eigenvalue weighted by Crippen LogP contribution is -2.45. The van der Waals surface area contributed by atoms with Crippen molar-refractivity contribution in [1.82, 2.24) is 0 Å². The molecule has 0 aliphatic heterocycles. The average Bonchev–Trinajstić information content (AvgIpc) is 2.43. The summed E-state index contributed by atoms with van der Waals surface area (Å²) in [6, 6.07) is 0.970. The molecule has 0 aromatic carbocycles. The van der Waals surface area contributed by atoms with Gasteiger partial charge in [-0.05, 0) is 27.2 Å². The summed E-state index contributed by atoms with van der Waals surface area (Å²) in [5.41, 5.74) is 0. The maximum atomic E-state index is 5.86. The highest BCUT2D eigenvalue weighted by atomic mass is 28.4. The van der Waals surface area contributed by atoms with Crippen molar-refractivity contribution in [3.05, 3.63) is 0 Å². The lowest BCUT2D eigenvalue weighted by atomic mass is 10.1. The summed E-state index contributed by atoms with van der Waals surface area (Å²) in [6.45, 7) is 10.4. The van der Waals surface area contributed by atoms with E-state index in [1.807, 2.05) is 20.8 Å². The Morgan fingerprint density at radius 2 is 0.950 bits per heavy atom. The molecule has 0 heterocycles. The zero-order valence-corrected chi connectivity index (χ0v) is 15.2. The van der Waals surface area contributed by atoms with Crippen LogP contribution in [0.25, 0.3) is 0 Å². The van der Waals surface area contributed by atoms with Crippen LogP contribution in [-0.4, -0.2) is 28.6 Å². The van der Waals surface area contributed by atoms with Crippen LogP contribution in [0.3, 0.4) is 0 Å².